The van der Waals surface area contributed by atoms with E-state index in [1.54, 1.807) is 12.1 Å². The van der Waals surface area contributed by atoms with Crippen molar-refractivity contribution in [3.63, 3.8) is 0 Å². The van der Waals surface area contributed by atoms with E-state index in [9.17, 15) is 30.7 Å². The molecule has 1 aliphatic carbocycles. The van der Waals surface area contributed by atoms with Gasteiger partial charge in [0.15, 0.2) is 5.71 Å². The molecule has 2 N–H and O–H groups in total. The summed E-state index contributed by atoms with van der Waals surface area (Å²) in [6.07, 6.45) is 9.42. The van der Waals surface area contributed by atoms with Crippen molar-refractivity contribution >= 4 is 76.4 Å². The highest BCUT2D eigenvalue weighted by molar-refractivity contribution is 7.86. The van der Waals surface area contributed by atoms with Gasteiger partial charge in [-0.15, -0.1) is 0 Å². The molecule has 0 aromatic heterocycles. The van der Waals surface area contributed by atoms with E-state index in [0.717, 1.165) is 55.8 Å². The van der Waals surface area contributed by atoms with E-state index in [1.807, 2.05) is 38.1 Å². The largest absolute Gasteiger partial charge is 0.469 e. The number of hydrogen-bond donors (Lipinski definition) is 2. The summed E-state index contributed by atoms with van der Waals surface area (Å²) in [5.41, 5.74) is 6.14. The first kappa shape index (κ1) is 43.5. The van der Waals surface area contributed by atoms with Crippen molar-refractivity contribution in [1.82, 2.24) is 0 Å². The van der Waals surface area contributed by atoms with Crippen LogP contribution in [-0.4, -0.2) is 62.4 Å². The molecule has 0 saturated heterocycles. The van der Waals surface area contributed by atoms with Gasteiger partial charge in [0.25, 0.3) is 20.2 Å². The summed E-state index contributed by atoms with van der Waals surface area (Å²) < 4.78 is 74.9. The molecule has 0 saturated carbocycles. The van der Waals surface area contributed by atoms with E-state index in [4.69, 9.17) is 16.3 Å². The maximum Gasteiger partial charge on any atom is 0.311 e. The Labute approximate surface area is 358 Å². The van der Waals surface area contributed by atoms with Crippen molar-refractivity contribution in [1.29, 1.82) is 0 Å². The second-order valence-electron chi connectivity index (χ2n) is 17.5. The van der Waals surface area contributed by atoms with E-state index < -0.39 is 36.5 Å². The Morgan fingerprint density at radius 3 is 1.98 bits per heavy atom. The van der Waals surface area contributed by atoms with E-state index in [-0.39, 0.29) is 21.7 Å². The fourth-order valence-corrected chi connectivity index (χ4v) is 11.0. The molecule has 7 rings (SSSR count). The smallest absolute Gasteiger partial charge is 0.311 e. The Kier molecular flexibility index (Phi) is 10.9. The molecule has 1 unspecified atom stereocenters. The summed E-state index contributed by atoms with van der Waals surface area (Å²) in [5.74, 6) is -0.446. The predicted octanol–water partition coefficient (Wildman–Crippen LogP) is 10.2. The highest BCUT2D eigenvalue weighted by Crippen LogP contribution is 2.52. The van der Waals surface area contributed by atoms with Crippen LogP contribution in [0.5, 0.6) is 0 Å². The molecule has 4 aromatic carbocycles. The van der Waals surface area contributed by atoms with E-state index in [0.29, 0.717) is 41.7 Å². The van der Waals surface area contributed by atoms with Crippen molar-refractivity contribution < 1.29 is 40.0 Å². The predicted molar refractivity (Wildman–Crippen MR) is 239 cm³/mol. The fraction of sp³-hybridized carbons (Fsp3) is 0.362. The molecule has 0 amide bonds. The van der Waals surface area contributed by atoms with Crippen LogP contribution in [0, 0.1) is 11.3 Å². The van der Waals surface area contributed by atoms with Gasteiger partial charge in [-0.2, -0.15) is 21.4 Å². The van der Waals surface area contributed by atoms with Crippen LogP contribution >= 0.6 is 11.6 Å². The minimum absolute atomic E-state index is 0.143. The number of ether oxygens (including phenoxy) is 1. The Bertz CT molecular complexity index is 2900. The summed E-state index contributed by atoms with van der Waals surface area (Å²) in [7, 11) is -7.33. The molecular formula is C47H52ClN2O8S2+. The molecule has 13 heteroatoms. The summed E-state index contributed by atoms with van der Waals surface area (Å²) >= 11 is 7.41. The van der Waals surface area contributed by atoms with Gasteiger partial charge in [0.05, 0.1) is 27.7 Å². The molecule has 3 aliphatic rings. The van der Waals surface area contributed by atoms with Crippen LogP contribution in [0.1, 0.15) is 79.4 Å². The maximum atomic E-state index is 13.3. The van der Waals surface area contributed by atoms with E-state index in [1.165, 1.54) is 31.4 Å². The number of fused-ring (bicyclic) bond motifs is 6. The zero-order valence-electron chi connectivity index (χ0n) is 35.4. The van der Waals surface area contributed by atoms with Crippen molar-refractivity contribution in [3.8, 4) is 0 Å². The molecule has 10 nitrogen and oxygen atoms in total. The summed E-state index contributed by atoms with van der Waals surface area (Å²) in [4.78, 5) is 15.2. The zero-order valence-corrected chi connectivity index (χ0v) is 37.8. The van der Waals surface area contributed by atoms with Crippen LogP contribution < -0.4 is 4.90 Å². The second-order valence-corrected chi connectivity index (χ2v) is 20.7. The number of carbonyl (C=O) groups excluding carboxylic acids is 1. The minimum Gasteiger partial charge on any atom is -0.469 e. The summed E-state index contributed by atoms with van der Waals surface area (Å²) in [6, 6.07) is 17.1. The van der Waals surface area contributed by atoms with Crippen LogP contribution in [0.4, 0.5) is 11.4 Å². The number of methoxy groups -OCH3 is 1. The number of anilines is 1. The first-order valence-corrected chi connectivity index (χ1v) is 23.3. The SMILES string of the molecule is CCN1/C(=C\C=C2/CC(C(C)(C)C(=O)OC)CC(/C=C/C3=[N+](CC)c4ccc5cc(S(=O)(=O)O)ccc5c4C3(C)C)=C2Cl)C(C)(C)c2c1ccc1cc(S(=O)(=O)O)ccc21. The summed E-state index contributed by atoms with van der Waals surface area (Å²) in [6.45, 7) is 17.9. The minimum atomic E-state index is -4.37. The molecule has 0 fully saturated rings. The number of rotatable bonds is 9. The Morgan fingerprint density at radius 1 is 0.850 bits per heavy atom. The van der Waals surface area contributed by atoms with Gasteiger partial charge in [0, 0.05) is 46.1 Å². The number of carbonyl (C=O) groups is 1. The fourth-order valence-electron chi connectivity index (χ4n) is 9.72. The number of benzene rings is 4. The van der Waals surface area contributed by atoms with Crippen molar-refractivity contribution in [2.45, 2.75) is 88.9 Å². The number of halogens is 1. The topological polar surface area (TPSA) is 141 Å². The molecule has 1 atom stereocenters. The highest BCUT2D eigenvalue weighted by atomic mass is 35.5. The van der Waals surface area contributed by atoms with Gasteiger partial charge in [-0.05, 0) is 141 Å². The van der Waals surface area contributed by atoms with E-state index >= 15 is 0 Å². The molecule has 2 aliphatic heterocycles. The first-order valence-electron chi connectivity index (χ1n) is 20.1. The lowest BCUT2D eigenvalue weighted by Gasteiger charge is -2.36. The van der Waals surface area contributed by atoms with Gasteiger partial charge in [0.1, 0.15) is 6.54 Å². The lowest BCUT2D eigenvalue weighted by atomic mass is 9.69. The van der Waals surface area contributed by atoms with E-state index in [2.05, 4.69) is 75.3 Å². The van der Waals surface area contributed by atoms with Crippen molar-refractivity contribution in [2.75, 3.05) is 25.1 Å². The lowest BCUT2D eigenvalue weighted by Crippen LogP contribution is -2.36. The average molecular weight is 873 g/mol. The monoisotopic (exact) mass is 871 g/mol. The molecular weight excluding hydrogens is 820 g/mol. The van der Waals surface area contributed by atoms with Crippen molar-refractivity contribution in [3.05, 3.63) is 118 Å². The van der Waals surface area contributed by atoms with Crippen LogP contribution in [-0.2, 0) is 40.6 Å². The quantitative estimate of drug-likeness (QED) is 0.0955. The molecule has 316 valence electrons. The third-order valence-electron chi connectivity index (χ3n) is 13.0. The van der Waals surface area contributed by atoms with Crippen LogP contribution in [0.25, 0.3) is 21.5 Å². The number of likely N-dealkylation sites (N-methyl/N-ethyl adjacent to an activating group) is 1. The van der Waals surface area contributed by atoms with Crippen molar-refractivity contribution in [2.24, 2.45) is 11.3 Å². The normalized spacial score (nSPS) is 20.6. The number of allylic oxidation sites excluding steroid dienone is 8. The van der Waals surface area contributed by atoms with Crippen LogP contribution in [0.15, 0.2) is 117 Å². The van der Waals surface area contributed by atoms with Gasteiger partial charge < -0.3 is 9.64 Å². The van der Waals surface area contributed by atoms with Crippen LogP contribution in [0.3, 0.4) is 0 Å². The molecule has 0 bridgehead atoms. The second kappa shape index (κ2) is 15.1. The zero-order chi connectivity index (χ0) is 43.9. The van der Waals surface area contributed by atoms with Gasteiger partial charge in [0.2, 0.25) is 5.69 Å². The van der Waals surface area contributed by atoms with Gasteiger partial charge >= 0.3 is 5.97 Å². The maximum absolute atomic E-state index is 13.3. The third-order valence-corrected chi connectivity index (χ3v) is 15.2. The molecule has 0 spiro atoms. The van der Waals surface area contributed by atoms with Gasteiger partial charge in [-0.1, -0.05) is 55.8 Å². The van der Waals surface area contributed by atoms with Crippen LogP contribution in [0.2, 0.25) is 0 Å². The molecule has 60 heavy (non-hydrogen) atoms. The molecule has 2 heterocycles. The molecule has 0 radical (unpaired) electrons. The Hall–Kier alpha value is -4.59. The average Bonchev–Trinajstić information content (AvgIpc) is 3.56. The third kappa shape index (κ3) is 7.13. The molecule has 4 aromatic rings. The number of hydrogen-bond acceptors (Lipinski definition) is 7. The summed E-state index contributed by atoms with van der Waals surface area (Å²) in [5, 5.41) is 3.83. The number of nitrogens with zero attached hydrogens (tertiary/aromatic N) is 2. The number of esters is 1. The van der Waals surface area contributed by atoms with Gasteiger partial charge in [-0.3, -0.25) is 13.9 Å². The highest BCUT2D eigenvalue weighted by Gasteiger charge is 2.46. The van der Waals surface area contributed by atoms with Gasteiger partial charge in [-0.25, -0.2) is 0 Å². The lowest BCUT2D eigenvalue weighted by molar-refractivity contribution is -0.433. The Balaban J connectivity index is 1.32. The first-order chi connectivity index (χ1) is 28.0. The Morgan fingerprint density at radius 2 is 1.43 bits per heavy atom. The standard InChI is InChI=1S/C47H51ClN2O8S2/c1-10-49-37-20-12-28-26-33(59(52,53)54)16-18-35(28)41(37)46(5,6)39(49)22-14-30-24-32(45(3,4)44(51)58-9)25-31(43(30)48)15-23-40-47(7,8)42-36-19-17-34(60(55,56)57)27-29(36)13-21-38(42)50(40)11-2/h12-23,26-27,32H,10-11,24-25H2,1-9H3,(H-,52,53,54,55,56,57)/p+1.